The summed E-state index contributed by atoms with van der Waals surface area (Å²) in [5, 5.41) is 3.31. The molecular weight excluding hydrogens is 290 g/mol. The van der Waals surface area contributed by atoms with Crippen molar-refractivity contribution < 1.29 is 13.2 Å². The molecule has 0 saturated heterocycles. The molecule has 0 spiro atoms. The van der Waals surface area contributed by atoms with Crippen LogP contribution in [-0.4, -0.2) is 47.6 Å². The lowest BCUT2D eigenvalue weighted by atomic mass is 10.3. The van der Waals surface area contributed by atoms with E-state index in [0.717, 1.165) is 32.7 Å². The Labute approximate surface area is 125 Å². The molecule has 0 bridgehead atoms. The molecule has 0 radical (unpaired) electrons. The van der Waals surface area contributed by atoms with E-state index in [4.69, 9.17) is 4.74 Å². The number of rotatable bonds is 8. The summed E-state index contributed by atoms with van der Waals surface area (Å²) < 4.78 is 32.6. The fraction of sp³-hybridized carbons (Fsp3) is 0.500. The van der Waals surface area contributed by atoms with Gasteiger partial charge in [-0.3, -0.25) is 0 Å². The Morgan fingerprint density at radius 1 is 1.29 bits per heavy atom. The van der Waals surface area contributed by atoms with Gasteiger partial charge in [0.15, 0.2) is 0 Å². The first-order chi connectivity index (χ1) is 10.1. The van der Waals surface area contributed by atoms with Crippen LogP contribution >= 0.6 is 0 Å². The van der Waals surface area contributed by atoms with Crippen LogP contribution in [-0.2, 0) is 14.8 Å². The Kier molecular flexibility index (Phi) is 5.72. The van der Waals surface area contributed by atoms with Crippen LogP contribution in [0.4, 0.5) is 5.69 Å². The standard InChI is InChI=1S/C14H21N3O3S/c1-2-20-11-5-8-15-9-10-17-12-16-21(18,19)14-7-4-3-6-13(14)17/h3-4,6-7,12,15H,2,5,8-11H2,1H3. The van der Waals surface area contributed by atoms with E-state index < -0.39 is 10.0 Å². The molecule has 1 aliphatic heterocycles. The smallest absolute Gasteiger partial charge is 0.285 e. The zero-order chi connectivity index (χ0) is 15.1. The van der Waals surface area contributed by atoms with E-state index in [-0.39, 0.29) is 4.90 Å². The summed E-state index contributed by atoms with van der Waals surface area (Å²) in [5.74, 6) is 0. The van der Waals surface area contributed by atoms with Gasteiger partial charge in [-0.25, -0.2) is 0 Å². The number of hydrogen-bond donors (Lipinski definition) is 1. The molecule has 21 heavy (non-hydrogen) atoms. The van der Waals surface area contributed by atoms with E-state index in [1.54, 1.807) is 18.2 Å². The van der Waals surface area contributed by atoms with Gasteiger partial charge in [0.1, 0.15) is 11.2 Å². The SMILES string of the molecule is CCOCCCNCCN1C=NS(=O)(=O)c2ccccc21. The fourth-order valence-corrected chi connectivity index (χ4v) is 3.15. The molecule has 0 atom stereocenters. The number of ether oxygens (including phenoxy) is 1. The van der Waals surface area contributed by atoms with Gasteiger partial charge in [0.25, 0.3) is 10.0 Å². The van der Waals surface area contributed by atoms with Crippen LogP contribution in [0, 0.1) is 0 Å². The van der Waals surface area contributed by atoms with Crippen molar-refractivity contribution in [3.05, 3.63) is 24.3 Å². The maximum atomic E-state index is 11.8. The van der Waals surface area contributed by atoms with Gasteiger partial charge < -0.3 is 15.0 Å². The van der Waals surface area contributed by atoms with Gasteiger partial charge in [0, 0.05) is 26.3 Å². The normalized spacial score (nSPS) is 16.0. The molecule has 1 aromatic rings. The molecule has 1 aliphatic rings. The fourth-order valence-electron chi connectivity index (χ4n) is 2.10. The summed E-state index contributed by atoms with van der Waals surface area (Å²) in [5.41, 5.74) is 0.684. The van der Waals surface area contributed by atoms with Crippen LogP contribution in [0.15, 0.2) is 33.6 Å². The average molecular weight is 311 g/mol. The number of nitrogens with one attached hydrogen (secondary N) is 1. The third-order valence-corrected chi connectivity index (χ3v) is 4.43. The van der Waals surface area contributed by atoms with Crippen molar-refractivity contribution in [2.24, 2.45) is 4.40 Å². The minimum absolute atomic E-state index is 0.267. The average Bonchev–Trinajstić information content (AvgIpc) is 2.49. The lowest BCUT2D eigenvalue weighted by Gasteiger charge is -2.25. The Bertz CT molecular complexity index is 587. The Morgan fingerprint density at radius 2 is 2.10 bits per heavy atom. The quantitative estimate of drug-likeness (QED) is 0.731. The monoisotopic (exact) mass is 311 g/mol. The number of hydrogen-bond acceptors (Lipinski definition) is 5. The van der Waals surface area contributed by atoms with Crippen molar-refractivity contribution in [3.8, 4) is 0 Å². The van der Waals surface area contributed by atoms with Gasteiger partial charge in [-0.1, -0.05) is 12.1 Å². The van der Waals surface area contributed by atoms with E-state index in [9.17, 15) is 8.42 Å². The summed E-state index contributed by atoms with van der Waals surface area (Å²) in [6.45, 7) is 5.79. The van der Waals surface area contributed by atoms with E-state index >= 15 is 0 Å². The number of sulfonamides is 1. The highest BCUT2D eigenvalue weighted by Gasteiger charge is 2.24. The molecule has 0 aliphatic carbocycles. The van der Waals surface area contributed by atoms with Crippen LogP contribution in [0.5, 0.6) is 0 Å². The molecule has 7 heteroatoms. The number of nitrogens with zero attached hydrogens (tertiary/aromatic N) is 2. The van der Waals surface area contributed by atoms with Gasteiger partial charge in [0.05, 0.1) is 5.69 Å². The van der Waals surface area contributed by atoms with Crippen molar-refractivity contribution in [1.82, 2.24) is 5.32 Å². The van der Waals surface area contributed by atoms with E-state index in [1.165, 1.54) is 6.34 Å². The summed E-state index contributed by atoms with van der Waals surface area (Å²) in [6.07, 6.45) is 2.35. The molecule has 0 saturated carbocycles. The van der Waals surface area contributed by atoms with Gasteiger partial charge in [-0.15, -0.1) is 4.40 Å². The van der Waals surface area contributed by atoms with Crippen LogP contribution in [0.3, 0.4) is 0 Å². The summed E-state index contributed by atoms with van der Waals surface area (Å²) in [6, 6.07) is 6.92. The maximum Gasteiger partial charge on any atom is 0.285 e. The van der Waals surface area contributed by atoms with E-state index in [0.29, 0.717) is 12.2 Å². The largest absolute Gasteiger partial charge is 0.382 e. The predicted octanol–water partition coefficient (Wildman–Crippen LogP) is 1.24. The third-order valence-electron chi connectivity index (χ3n) is 3.15. The van der Waals surface area contributed by atoms with Crippen molar-refractivity contribution in [3.63, 3.8) is 0 Å². The molecule has 1 aromatic carbocycles. The second-order valence-electron chi connectivity index (χ2n) is 4.66. The zero-order valence-electron chi connectivity index (χ0n) is 12.2. The highest BCUT2D eigenvalue weighted by molar-refractivity contribution is 7.90. The summed E-state index contributed by atoms with van der Waals surface area (Å²) in [4.78, 5) is 2.12. The minimum atomic E-state index is -3.53. The molecule has 0 fully saturated rings. The Balaban J connectivity index is 1.85. The molecule has 0 amide bonds. The van der Waals surface area contributed by atoms with Gasteiger partial charge in [-0.2, -0.15) is 8.42 Å². The first-order valence-electron chi connectivity index (χ1n) is 7.10. The second-order valence-corrected chi connectivity index (χ2v) is 6.26. The Hall–Kier alpha value is -1.44. The number of benzene rings is 1. The van der Waals surface area contributed by atoms with Crippen molar-refractivity contribution in [2.75, 3.05) is 37.7 Å². The summed E-state index contributed by atoms with van der Waals surface area (Å²) >= 11 is 0. The summed E-state index contributed by atoms with van der Waals surface area (Å²) in [7, 11) is -3.53. The van der Waals surface area contributed by atoms with Crippen LogP contribution in [0.2, 0.25) is 0 Å². The van der Waals surface area contributed by atoms with Crippen molar-refractivity contribution in [2.45, 2.75) is 18.2 Å². The topological polar surface area (TPSA) is 71.0 Å². The first-order valence-corrected chi connectivity index (χ1v) is 8.54. The Morgan fingerprint density at radius 3 is 2.90 bits per heavy atom. The molecule has 1 heterocycles. The zero-order valence-corrected chi connectivity index (χ0v) is 13.0. The van der Waals surface area contributed by atoms with Crippen LogP contribution < -0.4 is 10.2 Å². The molecule has 2 rings (SSSR count). The highest BCUT2D eigenvalue weighted by atomic mass is 32.2. The number of para-hydroxylation sites is 1. The van der Waals surface area contributed by atoms with Gasteiger partial charge in [-0.05, 0) is 32.0 Å². The first kappa shape index (κ1) is 15.9. The second kappa shape index (κ2) is 7.53. The minimum Gasteiger partial charge on any atom is -0.382 e. The van der Waals surface area contributed by atoms with Gasteiger partial charge in [0.2, 0.25) is 0 Å². The van der Waals surface area contributed by atoms with Crippen LogP contribution in [0.1, 0.15) is 13.3 Å². The van der Waals surface area contributed by atoms with Crippen molar-refractivity contribution in [1.29, 1.82) is 0 Å². The highest BCUT2D eigenvalue weighted by Crippen LogP contribution is 2.28. The number of anilines is 1. The predicted molar refractivity (Wildman–Crippen MR) is 83.4 cm³/mol. The third kappa shape index (κ3) is 4.26. The molecule has 116 valence electrons. The molecule has 6 nitrogen and oxygen atoms in total. The van der Waals surface area contributed by atoms with Crippen LogP contribution in [0.25, 0.3) is 0 Å². The van der Waals surface area contributed by atoms with E-state index in [1.807, 2.05) is 17.9 Å². The lowest BCUT2D eigenvalue weighted by Crippen LogP contribution is -2.34. The van der Waals surface area contributed by atoms with Crippen molar-refractivity contribution >= 4 is 22.0 Å². The molecule has 0 aromatic heterocycles. The lowest BCUT2D eigenvalue weighted by molar-refractivity contribution is 0.145. The number of fused-ring (bicyclic) bond motifs is 1. The molecule has 1 N–H and O–H groups in total. The van der Waals surface area contributed by atoms with Gasteiger partial charge >= 0.3 is 0 Å². The maximum absolute atomic E-state index is 11.8. The molecule has 0 unspecified atom stereocenters. The van der Waals surface area contributed by atoms with E-state index in [2.05, 4.69) is 9.71 Å². The molecular formula is C14H21N3O3S.